The molecule has 0 radical (unpaired) electrons. The lowest BCUT2D eigenvalue weighted by atomic mass is 9.81. The van der Waals surface area contributed by atoms with Crippen LogP contribution in [0.25, 0.3) is 0 Å². The van der Waals surface area contributed by atoms with E-state index >= 15 is 0 Å². The van der Waals surface area contributed by atoms with Gasteiger partial charge in [0.15, 0.2) is 0 Å². The number of esters is 2. The van der Waals surface area contributed by atoms with Crippen molar-refractivity contribution in [2.75, 3.05) is 13.2 Å². The molecule has 5 unspecified atom stereocenters. The van der Waals surface area contributed by atoms with Crippen LogP contribution in [0, 0.1) is 11.8 Å². The number of likely N-dealkylation sites (tertiary alicyclic amines) is 2. The van der Waals surface area contributed by atoms with Crippen molar-refractivity contribution in [1.29, 1.82) is 0 Å². The Bertz CT molecular complexity index is 1010. The van der Waals surface area contributed by atoms with Gasteiger partial charge in [-0.2, -0.15) is 0 Å². The van der Waals surface area contributed by atoms with Crippen molar-refractivity contribution >= 4 is 23.9 Å². The lowest BCUT2D eigenvalue weighted by Crippen LogP contribution is -2.48. The Morgan fingerprint density at radius 1 is 1.03 bits per heavy atom. The number of amides is 2. The van der Waals surface area contributed by atoms with Gasteiger partial charge in [0.05, 0.1) is 19.1 Å². The van der Waals surface area contributed by atoms with Gasteiger partial charge in [0.2, 0.25) is 5.91 Å². The van der Waals surface area contributed by atoms with E-state index in [0.29, 0.717) is 32.2 Å². The quantitative estimate of drug-likeness (QED) is 0.311. The van der Waals surface area contributed by atoms with Gasteiger partial charge in [-0.1, -0.05) is 30.3 Å². The molecule has 2 aliphatic heterocycles. The summed E-state index contributed by atoms with van der Waals surface area (Å²) in [4.78, 5) is 55.4. The zero-order valence-electron chi connectivity index (χ0n) is 22.2. The maximum absolute atomic E-state index is 13.4. The van der Waals surface area contributed by atoms with Crippen LogP contribution in [0.2, 0.25) is 0 Å². The minimum absolute atomic E-state index is 0.0509. The Kier molecular flexibility index (Phi) is 8.09. The number of rotatable bonds is 7. The van der Waals surface area contributed by atoms with Crippen LogP contribution in [-0.2, 0) is 35.2 Å². The van der Waals surface area contributed by atoms with E-state index in [9.17, 15) is 19.2 Å². The van der Waals surface area contributed by atoms with Gasteiger partial charge in [0.1, 0.15) is 18.1 Å². The second-order valence-electron chi connectivity index (χ2n) is 11.1. The molecule has 202 valence electrons. The largest absolute Gasteiger partial charge is 0.466 e. The highest BCUT2D eigenvalue weighted by atomic mass is 16.6. The summed E-state index contributed by atoms with van der Waals surface area (Å²) in [6, 6.07) is 8.73. The first-order chi connectivity index (χ1) is 17.6. The first kappa shape index (κ1) is 26.9. The fourth-order valence-corrected chi connectivity index (χ4v) is 6.02. The van der Waals surface area contributed by atoms with Crippen LogP contribution in [0.4, 0.5) is 4.79 Å². The van der Waals surface area contributed by atoms with E-state index in [1.807, 2.05) is 51.1 Å². The third-order valence-corrected chi connectivity index (χ3v) is 7.51. The lowest BCUT2D eigenvalue weighted by molar-refractivity contribution is -0.154. The van der Waals surface area contributed by atoms with Gasteiger partial charge in [-0.25, -0.2) is 4.79 Å². The number of carbonyl (C=O) groups is 4. The molecule has 3 aliphatic rings. The molecule has 4 rings (SSSR count). The van der Waals surface area contributed by atoms with Crippen LogP contribution in [0.5, 0.6) is 0 Å². The molecule has 1 aromatic carbocycles. The minimum atomic E-state index is -0.826. The molecule has 37 heavy (non-hydrogen) atoms. The van der Waals surface area contributed by atoms with Crippen LogP contribution in [0.1, 0.15) is 65.4 Å². The van der Waals surface area contributed by atoms with Crippen molar-refractivity contribution in [3.63, 3.8) is 0 Å². The molecule has 2 saturated heterocycles. The number of hydrogen-bond donors (Lipinski definition) is 0. The molecule has 9 heteroatoms. The molecular formula is C28H38N2O7. The summed E-state index contributed by atoms with van der Waals surface area (Å²) in [5.41, 5.74) is 0.200. The molecular weight excluding hydrogens is 476 g/mol. The van der Waals surface area contributed by atoms with Crippen molar-refractivity contribution in [2.45, 2.75) is 90.1 Å². The molecule has 2 heterocycles. The second kappa shape index (κ2) is 11.1. The van der Waals surface area contributed by atoms with E-state index in [-0.39, 0.29) is 49.5 Å². The van der Waals surface area contributed by atoms with Crippen molar-refractivity contribution in [3.8, 4) is 0 Å². The van der Waals surface area contributed by atoms with Crippen molar-refractivity contribution in [1.82, 2.24) is 9.80 Å². The Morgan fingerprint density at radius 2 is 1.76 bits per heavy atom. The van der Waals surface area contributed by atoms with Gasteiger partial charge in [0, 0.05) is 24.5 Å². The molecule has 0 aromatic heterocycles. The molecule has 9 nitrogen and oxygen atoms in total. The van der Waals surface area contributed by atoms with Crippen LogP contribution in [0.3, 0.4) is 0 Å². The Labute approximate surface area is 218 Å². The molecule has 5 atom stereocenters. The summed E-state index contributed by atoms with van der Waals surface area (Å²) >= 11 is 0. The van der Waals surface area contributed by atoms with E-state index in [4.69, 9.17) is 14.2 Å². The highest BCUT2D eigenvalue weighted by Crippen LogP contribution is 2.45. The summed E-state index contributed by atoms with van der Waals surface area (Å²) in [6.07, 6.45) is 2.09. The van der Waals surface area contributed by atoms with Crippen LogP contribution in [-0.4, -0.2) is 70.6 Å². The zero-order valence-corrected chi connectivity index (χ0v) is 22.2. The van der Waals surface area contributed by atoms with Crippen molar-refractivity contribution < 1.29 is 33.4 Å². The predicted octanol–water partition coefficient (Wildman–Crippen LogP) is 3.69. The Balaban J connectivity index is 1.47. The van der Waals surface area contributed by atoms with Gasteiger partial charge in [0.25, 0.3) is 0 Å². The van der Waals surface area contributed by atoms with Crippen LogP contribution < -0.4 is 0 Å². The second-order valence-corrected chi connectivity index (χ2v) is 11.1. The third kappa shape index (κ3) is 6.08. The molecule has 2 bridgehead atoms. The topological polar surface area (TPSA) is 102 Å². The summed E-state index contributed by atoms with van der Waals surface area (Å²) in [6.45, 7) is 8.03. The molecule has 2 amide bonds. The third-order valence-electron chi connectivity index (χ3n) is 7.51. The molecule has 3 fully saturated rings. The fraction of sp³-hybridized carbons (Fsp3) is 0.643. The number of carbonyl (C=O) groups excluding carboxylic acids is 4. The van der Waals surface area contributed by atoms with Crippen molar-refractivity contribution in [2.24, 2.45) is 11.8 Å². The van der Waals surface area contributed by atoms with E-state index in [1.165, 1.54) is 0 Å². The molecule has 0 spiro atoms. The van der Waals surface area contributed by atoms with Crippen molar-refractivity contribution in [3.05, 3.63) is 35.9 Å². The minimum Gasteiger partial charge on any atom is -0.466 e. The van der Waals surface area contributed by atoms with E-state index in [0.717, 1.165) is 5.56 Å². The van der Waals surface area contributed by atoms with Gasteiger partial charge in [-0.3, -0.25) is 14.4 Å². The first-order valence-electron chi connectivity index (χ1n) is 13.3. The SMILES string of the molecule is CCOC(=O)CC1C2CC(CCC2N2CCC(C(=O)OCc3ccccc3)C2=O)N1C(=O)OC(C)(C)C. The number of fused-ring (bicyclic) bond motifs is 2. The summed E-state index contributed by atoms with van der Waals surface area (Å²) in [7, 11) is 0. The molecule has 1 aliphatic carbocycles. The van der Waals surface area contributed by atoms with Crippen LogP contribution >= 0.6 is 0 Å². The average Bonchev–Trinajstić information content (AvgIpc) is 3.35. The van der Waals surface area contributed by atoms with Gasteiger partial charge in [-0.05, 0) is 58.9 Å². The summed E-state index contributed by atoms with van der Waals surface area (Å²) in [5, 5.41) is 0. The normalized spacial score (nSPS) is 27.2. The molecule has 1 aromatic rings. The number of benzene rings is 1. The number of nitrogens with zero attached hydrogens (tertiary/aromatic N) is 2. The highest BCUT2D eigenvalue weighted by molar-refractivity contribution is 5.99. The van der Waals surface area contributed by atoms with Gasteiger partial charge in [-0.15, -0.1) is 0 Å². The average molecular weight is 515 g/mol. The van der Waals surface area contributed by atoms with E-state index in [1.54, 1.807) is 16.7 Å². The van der Waals surface area contributed by atoms with E-state index in [2.05, 4.69) is 0 Å². The number of ether oxygens (including phenoxy) is 3. The molecule has 0 N–H and O–H groups in total. The highest BCUT2D eigenvalue weighted by Gasteiger charge is 2.55. The smallest absolute Gasteiger partial charge is 0.410 e. The monoisotopic (exact) mass is 514 g/mol. The first-order valence-corrected chi connectivity index (χ1v) is 13.3. The standard InChI is InChI=1S/C28H38N2O7/c1-5-35-24(31)16-23-21-15-19(30(23)27(34)37-28(2,3)4)11-12-22(21)29-14-13-20(25(29)32)26(33)36-17-18-9-7-6-8-10-18/h6-10,19-23H,5,11-17H2,1-4H3. The van der Waals surface area contributed by atoms with Gasteiger partial charge < -0.3 is 24.0 Å². The summed E-state index contributed by atoms with van der Waals surface area (Å²) < 4.78 is 16.4. The Morgan fingerprint density at radius 3 is 2.43 bits per heavy atom. The van der Waals surface area contributed by atoms with E-state index < -0.39 is 29.6 Å². The summed E-state index contributed by atoms with van der Waals surface area (Å²) in [5.74, 6) is -2.03. The van der Waals surface area contributed by atoms with Crippen LogP contribution in [0.15, 0.2) is 30.3 Å². The zero-order chi connectivity index (χ0) is 26.7. The maximum Gasteiger partial charge on any atom is 0.410 e. The predicted molar refractivity (Wildman–Crippen MR) is 134 cm³/mol. The fourth-order valence-electron chi connectivity index (χ4n) is 6.02. The number of hydrogen-bond acceptors (Lipinski definition) is 7. The Hall–Kier alpha value is -3.10. The lowest BCUT2D eigenvalue weighted by Gasteiger charge is -2.37. The maximum atomic E-state index is 13.4. The van der Waals surface area contributed by atoms with Gasteiger partial charge >= 0.3 is 18.0 Å². The molecule has 1 saturated carbocycles.